The summed E-state index contributed by atoms with van der Waals surface area (Å²) in [7, 11) is 0. The third-order valence-corrected chi connectivity index (χ3v) is 0. The molecule has 0 aromatic rings. The van der Waals surface area contributed by atoms with Gasteiger partial charge in [0.2, 0.25) is 0 Å². The molecule has 0 aliphatic rings. The van der Waals surface area contributed by atoms with Gasteiger partial charge < -0.3 is 39.3 Å². The first-order chi connectivity index (χ1) is 2.00. The third kappa shape index (κ3) is 52800000. The van der Waals surface area contributed by atoms with Crippen LogP contribution >= 0.6 is 0 Å². The Bertz CT molecular complexity index is 13.0. The molecule has 3 heteroatoms. The van der Waals surface area contributed by atoms with E-state index in [1.54, 1.807) is 0 Å². The molecule has 0 N–H and O–H groups in total. The molecule has 0 aromatic carbocycles. The molecule has 0 fully saturated rings. The maximum absolute atomic E-state index is 7.75. The van der Waals surface area contributed by atoms with E-state index in [1.807, 2.05) is 0 Å². The summed E-state index contributed by atoms with van der Waals surface area (Å²) in [5, 5.41) is 0. The SMILES string of the molecule is [CH-]=O.[CH-]=O.[CH3-].[CH3-].[CH3-].[CH3-].[Re]. The van der Waals surface area contributed by atoms with Crippen LogP contribution in [0.5, 0.6) is 0 Å². The summed E-state index contributed by atoms with van der Waals surface area (Å²) in [5.74, 6) is 0. The van der Waals surface area contributed by atoms with Crippen molar-refractivity contribution in [3.05, 3.63) is 29.7 Å². The average Bonchev–Trinajstić information content (AvgIpc) is 1.50. The molecule has 0 aliphatic carbocycles. The molecule has 1 radical (unpaired) electrons. The van der Waals surface area contributed by atoms with Gasteiger partial charge in [0.25, 0.3) is 0 Å². The first-order valence-electron chi connectivity index (χ1n) is 0.471. The van der Waals surface area contributed by atoms with Crippen molar-refractivity contribution >= 4 is 13.6 Å². The van der Waals surface area contributed by atoms with Crippen LogP contribution in [0.1, 0.15) is 0 Å². The number of carbonyl (C=O) groups excluding carboxylic acids is 2. The Balaban J connectivity index is -0.00000000114. The Hall–Kier alpha value is 0.00234. The van der Waals surface area contributed by atoms with Crippen molar-refractivity contribution < 1.29 is 30.0 Å². The normalized spacial score (nSPS) is 0.889. The Morgan fingerprint density at radius 3 is 0.556 bits per heavy atom. The van der Waals surface area contributed by atoms with Gasteiger partial charge in [0, 0.05) is 20.4 Å². The second kappa shape index (κ2) is 71800000. The third-order valence-electron chi connectivity index (χ3n) is 0. The molecule has 0 aliphatic heterocycles. The summed E-state index contributed by atoms with van der Waals surface area (Å²) in [4.78, 5) is 15.5. The van der Waals surface area contributed by atoms with Crippen LogP contribution < -0.4 is 0 Å². The minimum atomic E-state index is 0. The van der Waals surface area contributed by atoms with Gasteiger partial charge in [-0.25, -0.2) is 0 Å². The maximum atomic E-state index is 7.75. The zero-order valence-electron chi connectivity index (χ0n) is 6.35. The van der Waals surface area contributed by atoms with Crippen molar-refractivity contribution in [3.63, 3.8) is 0 Å². The van der Waals surface area contributed by atoms with E-state index in [9.17, 15) is 0 Å². The standard InChI is InChI=1S/2CHO.4CH3.Re/c2*1-2;;;;;/h2*1H;4*1H3;/q6*-1;. The number of rotatable bonds is 0. The largest absolute Gasteiger partial charge is 0.545 e. The molecule has 0 saturated carbocycles. The molecule has 0 bridgehead atoms. The van der Waals surface area contributed by atoms with Gasteiger partial charge in [0.1, 0.15) is 0 Å². The van der Waals surface area contributed by atoms with Crippen LogP contribution in [-0.4, -0.2) is 13.6 Å². The molecule has 0 aromatic heterocycles. The van der Waals surface area contributed by atoms with Gasteiger partial charge in [0.15, 0.2) is 0 Å². The molecule has 0 saturated heterocycles. The molecular formula is C6H14O2Re-6. The van der Waals surface area contributed by atoms with Gasteiger partial charge in [-0.2, -0.15) is 0 Å². The van der Waals surface area contributed by atoms with Crippen molar-refractivity contribution in [1.29, 1.82) is 0 Å². The Kier molecular flexibility index (Phi) is 1150000000. The topological polar surface area (TPSA) is 34.1 Å². The Morgan fingerprint density at radius 1 is 0.556 bits per heavy atom. The quantitative estimate of drug-likeness (QED) is 0.499. The van der Waals surface area contributed by atoms with Crippen molar-refractivity contribution in [2.75, 3.05) is 0 Å². The average molecular weight is 304 g/mol. The van der Waals surface area contributed by atoms with Crippen LogP contribution in [0.4, 0.5) is 0 Å². The minimum Gasteiger partial charge on any atom is -0.545 e. The fourth-order valence-electron chi connectivity index (χ4n) is 0. The molecular weight excluding hydrogens is 290 g/mol. The monoisotopic (exact) mass is 305 g/mol. The van der Waals surface area contributed by atoms with Gasteiger partial charge in [-0.05, 0) is 0 Å². The van der Waals surface area contributed by atoms with Crippen LogP contribution in [0.3, 0.4) is 0 Å². The van der Waals surface area contributed by atoms with Gasteiger partial charge in [0.05, 0.1) is 0 Å². The molecule has 9 heavy (non-hydrogen) atoms. The second-order valence-electron chi connectivity index (χ2n) is 0. The summed E-state index contributed by atoms with van der Waals surface area (Å²) in [6.45, 7) is 6.50. The van der Waals surface area contributed by atoms with E-state index in [4.69, 9.17) is 9.59 Å². The number of hydrogen-bond donors (Lipinski definition) is 0. The van der Waals surface area contributed by atoms with Crippen molar-refractivity contribution in [1.82, 2.24) is 0 Å². The minimum absolute atomic E-state index is 0. The van der Waals surface area contributed by atoms with Gasteiger partial charge in [-0.15, -0.1) is 0 Å². The Morgan fingerprint density at radius 2 is 0.556 bits per heavy atom. The van der Waals surface area contributed by atoms with E-state index in [2.05, 4.69) is 13.6 Å². The van der Waals surface area contributed by atoms with Crippen LogP contribution in [0.25, 0.3) is 0 Å². The first kappa shape index (κ1) is 144. The molecule has 0 spiro atoms. The second-order valence-corrected chi connectivity index (χ2v) is 0. The van der Waals surface area contributed by atoms with Gasteiger partial charge in [-0.3, -0.25) is 13.6 Å². The van der Waals surface area contributed by atoms with E-state index in [-0.39, 0.29) is 50.1 Å². The fraction of sp³-hybridized carbons (Fsp3) is 0. The van der Waals surface area contributed by atoms with Crippen LogP contribution in [0.15, 0.2) is 0 Å². The van der Waals surface area contributed by atoms with Crippen LogP contribution in [0, 0.1) is 29.7 Å². The molecule has 63 valence electrons. The van der Waals surface area contributed by atoms with E-state index in [1.165, 1.54) is 0 Å². The molecule has 0 heterocycles. The van der Waals surface area contributed by atoms with E-state index < -0.39 is 0 Å². The Labute approximate surface area is 73.7 Å². The summed E-state index contributed by atoms with van der Waals surface area (Å²) in [5.41, 5.74) is 0. The smallest absolute Gasteiger partial charge is 0 e. The molecule has 0 unspecified atom stereocenters. The van der Waals surface area contributed by atoms with Crippen molar-refractivity contribution in [2.45, 2.75) is 0 Å². The predicted octanol–water partition coefficient (Wildman–Crippen LogP) is 1.25. The summed E-state index contributed by atoms with van der Waals surface area (Å²) in [6.07, 6.45) is 0. The first-order valence-corrected chi connectivity index (χ1v) is 0.471. The number of hydrogen-bond acceptors (Lipinski definition) is 2. The van der Waals surface area contributed by atoms with E-state index in [0.717, 1.165) is 0 Å². The molecule has 2 nitrogen and oxygen atoms in total. The fourth-order valence-corrected chi connectivity index (χ4v) is 0. The summed E-state index contributed by atoms with van der Waals surface area (Å²) in [6, 6.07) is 0. The zero-order chi connectivity index (χ0) is 4.00. The van der Waals surface area contributed by atoms with Crippen LogP contribution in [0.2, 0.25) is 0 Å². The van der Waals surface area contributed by atoms with Crippen molar-refractivity contribution in [2.24, 2.45) is 0 Å². The van der Waals surface area contributed by atoms with Crippen molar-refractivity contribution in [3.8, 4) is 0 Å². The maximum Gasteiger partial charge on any atom is 0 e. The predicted molar refractivity (Wildman–Crippen MR) is 39.2 cm³/mol. The molecule has 0 atom stereocenters. The zero-order valence-corrected chi connectivity index (χ0v) is 9.06. The molecule has 0 rings (SSSR count). The van der Waals surface area contributed by atoms with Crippen LogP contribution in [-0.2, 0) is 30.0 Å². The summed E-state index contributed by atoms with van der Waals surface area (Å²) >= 11 is 0. The van der Waals surface area contributed by atoms with Gasteiger partial charge >= 0.3 is 0 Å². The van der Waals surface area contributed by atoms with E-state index >= 15 is 0 Å². The van der Waals surface area contributed by atoms with E-state index in [0.29, 0.717) is 0 Å². The summed E-state index contributed by atoms with van der Waals surface area (Å²) < 4.78 is 0. The van der Waals surface area contributed by atoms with Gasteiger partial charge in [-0.1, -0.05) is 0 Å². The molecule has 0 amide bonds.